The molecule has 0 saturated carbocycles. The van der Waals surface area contributed by atoms with Gasteiger partial charge >= 0.3 is 0 Å². The SMILES string of the molecule is CSc1cc2c(=O)[nH]cnc2cc1I.O=CO. The van der Waals surface area contributed by atoms with Crippen LogP contribution in [-0.4, -0.2) is 27.8 Å². The maximum atomic E-state index is 11.5. The Morgan fingerprint density at radius 1 is 1.53 bits per heavy atom. The van der Waals surface area contributed by atoms with E-state index in [4.69, 9.17) is 9.90 Å². The summed E-state index contributed by atoms with van der Waals surface area (Å²) < 4.78 is 1.13. The van der Waals surface area contributed by atoms with E-state index < -0.39 is 0 Å². The summed E-state index contributed by atoms with van der Waals surface area (Å²) in [7, 11) is 0. The van der Waals surface area contributed by atoms with Crippen molar-refractivity contribution in [2.75, 3.05) is 6.26 Å². The number of hydrogen-bond acceptors (Lipinski definition) is 4. The number of hydrogen-bond donors (Lipinski definition) is 2. The summed E-state index contributed by atoms with van der Waals surface area (Å²) in [6.07, 6.45) is 3.42. The van der Waals surface area contributed by atoms with E-state index in [0.29, 0.717) is 5.39 Å². The summed E-state index contributed by atoms with van der Waals surface area (Å²) in [5, 5.41) is 7.54. The summed E-state index contributed by atoms with van der Waals surface area (Å²) in [5.41, 5.74) is 0.664. The van der Waals surface area contributed by atoms with Gasteiger partial charge in [-0.05, 0) is 41.0 Å². The Balaban J connectivity index is 0.000000437. The van der Waals surface area contributed by atoms with Crippen molar-refractivity contribution in [3.63, 3.8) is 0 Å². The van der Waals surface area contributed by atoms with Crippen LogP contribution in [-0.2, 0) is 4.79 Å². The first kappa shape index (κ1) is 14.0. The number of thioether (sulfide) groups is 1. The lowest BCUT2D eigenvalue weighted by Crippen LogP contribution is -2.06. The van der Waals surface area contributed by atoms with Crippen molar-refractivity contribution < 1.29 is 9.90 Å². The first-order valence-corrected chi connectivity index (χ1v) is 6.73. The summed E-state index contributed by atoms with van der Waals surface area (Å²) >= 11 is 3.88. The monoisotopic (exact) mass is 364 g/mol. The minimum absolute atomic E-state index is 0.0818. The smallest absolute Gasteiger partial charge is 0.290 e. The average molecular weight is 364 g/mol. The lowest BCUT2D eigenvalue weighted by Gasteiger charge is -2.02. The van der Waals surface area contributed by atoms with Gasteiger partial charge in [0.15, 0.2) is 0 Å². The van der Waals surface area contributed by atoms with Crippen LogP contribution in [0.2, 0.25) is 0 Å². The van der Waals surface area contributed by atoms with Gasteiger partial charge < -0.3 is 10.1 Å². The lowest BCUT2D eigenvalue weighted by atomic mass is 10.2. The lowest BCUT2D eigenvalue weighted by molar-refractivity contribution is -0.122. The second-order valence-corrected chi connectivity index (χ2v) is 4.85. The van der Waals surface area contributed by atoms with Crippen molar-refractivity contribution in [3.05, 3.63) is 32.4 Å². The number of rotatable bonds is 1. The quantitative estimate of drug-likeness (QED) is 0.459. The predicted molar refractivity (Wildman–Crippen MR) is 75.6 cm³/mol. The van der Waals surface area contributed by atoms with Crippen LogP contribution >= 0.6 is 34.4 Å². The van der Waals surface area contributed by atoms with E-state index in [1.165, 1.54) is 6.33 Å². The molecule has 1 heterocycles. The number of H-pyrrole nitrogens is 1. The Labute approximate surface area is 115 Å². The molecular weight excluding hydrogens is 355 g/mol. The van der Waals surface area contributed by atoms with Crippen molar-refractivity contribution >= 4 is 51.7 Å². The summed E-state index contributed by atoms with van der Waals surface area (Å²) in [5.74, 6) is 0. The molecule has 0 amide bonds. The van der Waals surface area contributed by atoms with E-state index in [9.17, 15) is 4.79 Å². The number of carbonyl (C=O) groups is 1. The Kier molecular flexibility index (Phi) is 5.42. The molecule has 1 aromatic carbocycles. The molecule has 2 N–H and O–H groups in total. The fourth-order valence-corrected chi connectivity index (χ4v) is 2.83. The summed E-state index contributed by atoms with van der Waals surface area (Å²) in [4.78, 5) is 27.6. The maximum absolute atomic E-state index is 11.5. The molecule has 0 saturated heterocycles. The summed E-state index contributed by atoms with van der Waals surface area (Å²) in [6.45, 7) is -0.250. The molecule has 0 aliphatic carbocycles. The first-order chi connectivity index (χ1) is 8.13. The molecule has 0 atom stereocenters. The van der Waals surface area contributed by atoms with Gasteiger partial charge in [0.25, 0.3) is 12.0 Å². The Morgan fingerprint density at radius 3 is 2.76 bits per heavy atom. The number of nitrogens with zero attached hydrogens (tertiary/aromatic N) is 1. The molecule has 17 heavy (non-hydrogen) atoms. The zero-order chi connectivity index (χ0) is 12.8. The number of benzene rings is 1. The van der Waals surface area contributed by atoms with Crippen LogP contribution in [0.1, 0.15) is 0 Å². The van der Waals surface area contributed by atoms with E-state index in [1.807, 2.05) is 18.4 Å². The molecule has 90 valence electrons. The zero-order valence-electron chi connectivity index (χ0n) is 8.81. The highest BCUT2D eigenvalue weighted by Crippen LogP contribution is 2.25. The highest BCUT2D eigenvalue weighted by molar-refractivity contribution is 14.1. The fraction of sp³-hybridized carbons (Fsp3) is 0.100. The molecule has 0 unspecified atom stereocenters. The third-order valence-electron chi connectivity index (χ3n) is 1.91. The predicted octanol–water partition coefficient (Wildman–Crippen LogP) is 1.95. The molecule has 0 radical (unpaired) electrons. The van der Waals surface area contributed by atoms with Gasteiger partial charge in [-0.25, -0.2) is 4.98 Å². The molecule has 0 fully saturated rings. The minimum Gasteiger partial charge on any atom is -0.483 e. The van der Waals surface area contributed by atoms with Crippen molar-refractivity contribution in [2.45, 2.75) is 4.90 Å². The number of nitrogens with one attached hydrogen (secondary N) is 1. The minimum atomic E-state index is -0.250. The standard InChI is InChI=1S/C9H7IN2OS.CH2O2/c1-14-8-2-5-7(3-6(8)10)11-4-12-9(5)13;2-1-3/h2-4H,1H3,(H,11,12,13);1H,(H,2,3). The molecule has 0 bridgehead atoms. The van der Waals surface area contributed by atoms with Crippen molar-refractivity contribution in [1.82, 2.24) is 9.97 Å². The highest BCUT2D eigenvalue weighted by Gasteiger charge is 2.04. The van der Waals surface area contributed by atoms with Gasteiger partial charge in [0.05, 0.1) is 17.2 Å². The van der Waals surface area contributed by atoms with Crippen LogP contribution < -0.4 is 5.56 Å². The molecule has 0 spiro atoms. The molecule has 0 aliphatic rings. The van der Waals surface area contributed by atoms with Crippen LogP contribution in [0.4, 0.5) is 0 Å². The molecule has 0 aliphatic heterocycles. The Hall–Kier alpha value is -1.09. The van der Waals surface area contributed by atoms with Crippen LogP contribution in [0.25, 0.3) is 10.9 Å². The van der Waals surface area contributed by atoms with Crippen molar-refractivity contribution in [2.24, 2.45) is 0 Å². The number of fused-ring (bicyclic) bond motifs is 1. The zero-order valence-corrected chi connectivity index (χ0v) is 11.8. The van der Waals surface area contributed by atoms with E-state index in [1.54, 1.807) is 11.8 Å². The van der Waals surface area contributed by atoms with Gasteiger partial charge in [0.1, 0.15) is 0 Å². The van der Waals surface area contributed by atoms with E-state index in [-0.39, 0.29) is 12.0 Å². The van der Waals surface area contributed by atoms with E-state index in [0.717, 1.165) is 14.0 Å². The second kappa shape index (κ2) is 6.60. The number of aromatic amines is 1. The number of halogens is 1. The molecule has 1 aromatic heterocycles. The van der Waals surface area contributed by atoms with Crippen LogP contribution in [0, 0.1) is 3.57 Å². The van der Waals surface area contributed by atoms with Crippen molar-refractivity contribution in [1.29, 1.82) is 0 Å². The normalized spacial score (nSPS) is 9.53. The second-order valence-electron chi connectivity index (χ2n) is 2.84. The van der Waals surface area contributed by atoms with Gasteiger partial charge in [-0.1, -0.05) is 0 Å². The van der Waals surface area contributed by atoms with E-state index in [2.05, 4.69) is 32.6 Å². The summed E-state index contributed by atoms with van der Waals surface area (Å²) in [6, 6.07) is 3.81. The first-order valence-electron chi connectivity index (χ1n) is 4.42. The maximum Gasteiger partial charge on any atom is 0.290 e. The molecule has 2 aromatic rings. The third-order valence-corrected chi connectivity index (χ3v) is 3.95. The average Bonchev–Trinajstić information content (AvgIpc) is 2.30. The van der Waals surface area contributed by atoms with Gasteiger partial charge in [-0.15, -0.1) is 11.8 Å². The van der Waals surface area contributed by atoms with Gasteiger partial charge in [-0.2, -0.15) is 0 Å². The largest absolute Gasteiger partial charge is 0.483 e. The Morgan fingerprint density at radius 2 is 2.18 bits per heavy atom. The molecule has 7 heteroatoms. The number of carboxylic acid groups (broad SMARTS) is 1. The molecule has 2 rings (SSSR count). The molecular formula is C10H9IN2O3S. The Bertz CT molecular complexity index is 585. The van der Waals surface area contributed by atoms with E-state index >= 15 is 0 Å². The fourth-order valence-electron chi connectivity index (χ4n) is 1.23. The van der Waals surface area contributed by atoms with Crippen LogP contribution in [0.5, 0.6) is 0 Å². The van der Waals surface area contributed by atoms with Crippen molar-refractivity contribution in [3.8, 4) is 0 Å². The van der Waals surface area contributed by atoms with Gasteiger partial charge in [-0.3, -0.25) is 9.59 Å². The molecule has 5 nitrogen and oxygen atoms in total. The third kappa shape index (κ3) is 3.43. The number of aromatic nitrogens is 2. The highest BCUT2D eigenvalue weighted by atomic mass is 127. The van der Waals surface area contributed by atoms with Crippen LogP contribution in [0.15, 0.2) is 28.2 Å². The van der Waals surface area contributed by atoms with Gasteiger partial charge in [0, 0.05) is 8.47 Å². The topological polar surface area (TPSA) is 83.0 Å². The van der Waals surface area contributed by atoms with Crippen LogP contribution in [0.3, 0.4) is 0 Å². The van der Waals surface area contributed by atoms with Gasteiger partial charge in [0.2, 0.25) is 0 Å².